The molecule has 5 heterocycles. The van der Waals surface area contributed by atoms with Crippen LogP contribution >= 0.6 is 23.2 Å². The second-order valence-corrected chi connectivity index (χ2v) is 13.4. The molecule has 0 radical (unpaired) electrons. The topological polar surface area (TPSA) is 220 Å². The molecule has 4 aromatic carbocycles. The summed E-state index contributed by atoms with van der Waals surface area (Å²) in [4.78, 5) is 50.0. The van der Waals surface area contributed by atoms with Crippen molar-refractivity contribution in [2.75, 3.05) is 5.32 Å². The van der Waals surface area contributed by atoms with Crippen LogP contribution in [0.4, 0.5) is 24.5 Å². The van der Waals surface area contributed by atoms with Gasteiger partial charge in [0.05, 0.1) is 48.3 Å². The fraction of sp³-hybridized carbons (Fsp3) is 0.0526. The number of nitro benzene ring substituents is 1. The lowest BCUT2D eigenvalue weighted by Gasteiger charge is -2.11. The van der Waals surface area contributed by atoms with Crippen LogP contribution in [-0.2, 0) is 6.18 Å². The summed E-state index contributed by atoms with van der Waals surface area (Å²) in [6.45, 7) is 1.34. The van der Waals surface area contributed by atoms with E-state index in [9.17, 15) is 28.1 Å². The molecule has 294 valence electrons. The first-order chi connectivity index (χ1) is 28.3. The summed E-state index contributed by atoms with van der Waals surface area (Å²) in [5.74, 6) is 1.19. The van der Waals surface area contributed by atoms with Crippen molar-refractivity contribution in [1.29, 1.82) is 0 Å². The number of hydrogen-bond donors (Lipinski definition) is 3. The Balaban J connectivity index is 0.000000176. The molecule has 0 unspecified atom stereocenters. The Morgan fingerprint density at radius 2 is 1.31 bits per heavy atom. The van der Waals surface area contributed by atoms with Crippen LogP contribution < -0.4 is 5.32 Å². The first-order valence-electron chi connectivity index (χ1n) is 16.9. The van der Waals surface area contributed by atoms with Crippen molar-refractivity contribution in [2.24, 2.45) is 0 Å². The third kappa shape index (κ3) is 8.04. The molecule has 0 bridgehead atoms. The van der Waals surface area contributed by atoms with E-state index >= 15 is 0 Å². The van der Waals surface area contributed by atoms with Gasteiger partial charge in [0.1, 0.15) is 17.3 Å². The van der Waals surface area contributed by atoms with E-state index in [1.165, 1.54) is 37.9 Å². The van der Waals surface area contributed by atoms with Crippen LogP contribution in [0, 0.1) is 17.0 Å². The summed E-state index contributed by atoms with van der Waals surface area (Å²) in [7, 11) is 0. The highest BCUT2D eigenvalue weighted by Gasteiger charge is 2.33. The molecule has 0 aliphatic heterocycles. The number of imidazole rings is 2. The van der Waals surface area contributed by atoms with Crippen LogP contribution in [0.2, 0.25) is 10.0 Å². The summed E-state index contributed by atoms with van der Waals surface area (Å²) < 4.78 is 48.1. The van der Waals surface area contributed by atoms with Gasteiger partial charge in [-0.3, -0.25) is 14.9 Å². The number of carbonyl (C=O) groups is 1. The van der Waals surface area contributed by atoms with Gasteiger partial charge in [0.15, 0.2) is 0 Å². The summed E-state index contributed by atoms with van der Waals surface area (Å²) in [5, 5.41) is 22.0. The monoisotopic (exact) mass is 839 g/mol. The number of non-ortho nitro benzene ring substituents is 1. The van der Waals surface area contributed by atoms with E-state index in [2.05, 4.69) is 50.5 Å². The summed E-state index contributed by atoms with van der Waals surface area (Å²) >= 11 is 12.5. The first kappa shape index (κ1) is 38.4. The predicted octanol–water partition coefficient (Wildman–Crippen LogP) is 9.75. The number of carbonyl (C=O) groups excluding carboxylic acids is 1. The van der Waals surface area contributed by atoms with Crippen molar-refractivity contribution in [3.05, 3.63) is 135 Å². The molecule has 0 fully saturated rings. The number of H-pyrrole nitrogens is 2. The number of fused-ring (bicyclic) bond motifs is 2. The number of nitrogens with one attached hydrogen (secondary N) is 3. The van der Waals surface area contributed by atoms with Crippen LogP contribution in [0.25, 0.3) is 67.6 Å². The fourth-order valence-corrected chi connectivity index (χ4v) is 6.31. The number of halogens is 5. The second-order valence-electron chi connectivity index (χ2n) is 12.5. The van der Waals surface area contributed by atoms with E-state index in [4.69, 9.17) is 32.2 Å². The number of amides is 1. The second kappa shape index (κ2) is 15.4. The zero-order valence-corrected chi connectivity index (χ0v) is 31.3. The molecular weight excluding hydrogens is 818 g/mol. The number of rotatable bonds is 7. The summed E-state index contributed by atoms with van der Waals surface area (Å²) in [6.07, 6.45) is -2.11. The molecule has 1 amide bonds. The van der Waals surface area contributed by atoms with Gasteiger partial charge in [0.25, 0.3) is 11.6 Å². The lowest BCUT2D eigenvalue weighted by molar-refractivity contribution is -0.384. The van der Waals surface area contributed by atoms with Gasteiger partial charge in [-0.25, -0.2) is 15.0 Å². The molecule has 59 heavy (non-hydrogen) atoms. The van der Waals surface area contributed by atoms with Gasteiger partial charge in [-0.1, -0.05) is 33.5 Å². The maximum Gasteiger partial charge on any atom is 0.433 e. The Hall–Kier alpha value is -7.51. The minimum Gasteiger partial charge on any atom is -0.342 e. The van der Waals surface area contributed by atoms with Gasteiger partial charge in [-0.2, -0.15) is 23.1 Å². The zero-order valence-electron chi connectivity index (χ0n) is 29.7. The van der Waals surface area contributed by atoms with Crippen molar-refractivity contribution in [1.82, 2.24) is 45.2 Å². The van der Waals surface area contributed by atoms with Gasteiger partial charge >= 0.3 is 6.18 Å². The standard InChI is InChI=1S/C23H14ClF3N6O2.C15H8ClN5O3/c1-11-14(4-7-19(29-11)23(25,26)27)22(34)30-13-3-5-16(24)15(9-13)21-31-17-6-2-12(8-18(17)32-21)20-28-10-35-33-20;16-11-3-2-9(21(22)23)6-10(11)15-18-12-4-1-8(5-13(12)19-15)14-17-7-24-20-14/h2-10H,1H3,(H,30,34)(H,31,32);1-7H,(H,18,19). The number of aryl methyl sites for hydroxylation is 1. The molecule has 3 N–H and O–H groups in total. The van der Waals surface area contributed by atoms with Crippen LogP contribution in [0.3, 0.4) is 0 Å². The van der Waals surface area contributed by atoms with Gasteiger partial charge in [0.2, 0.25) is 24.4 Å². The van der Waals surface area contributed by atoms with Gasteiger partial charge < -0.3 is 24.3 Å². The highest BCUT2D eigenvalue weighted by molar-refractivity contribution is 6.33. The number of aromatic nitrogens is 9. The Bertz CT molecular complexity index is 3020. The molecule has 9 aromatic rings. The quantitative estimate of drug-likeness (QED) is 0.101. The third-order valence-corrected chi connectivity index (χ3v) is 9.38. The Labute approximate surface area is 337 Å². The van der Waals surface area contributed by atoms with Gasteiger partial charge in [-0.15, -0.1) is 0 Å². The van der Waals surface area contributed by atoms with E-state index < -0.39 is 22.7 Å². The van der Waals surface area contributed by atoms with E-state index in [1.807, 2.05) is 18.2 Å². The van der Waals surface area contributed by atoms with Crippen LogP contribution in [0.5, 0.6) is 0 Å². The first-order valence-corrected chi connectivity index (χ1v) is 17.7. The molecule has 0 spiro atoms. The number of pyridine rings is 1. The average molecular weight is 841 g/mol. The van der Waals surface area contributed by atoms with E-state index in [0.717, 1.165) is 28.8 Å². The Morgan fingerprint density at radius 1 is 0.746 bits per heavy atom. The highest BCUT2D eigenvalue weighted by Crippen LogP contribution is 2.34. The smallest absolute Gasteiger partial charge is 0.342 e. The van der Waals surface area contributed by atoms with E-state index in [-0.39, 0.29) is 16.9 Å². The van der Waals surface area contributed by atoms with Crippen molar-refractivity contribution in [3.8, 4) is 45.6 Å². The van der Waals surface area contributed by atoms with Crippen molar-refractivity contribution in [3.63, 3.8) is 0 Å². The predicted molar refractivity (Wildman–Crippen MR) is 208 cm³/mol. The Morgan fingerprint density at radius 3 is 1.81 bits per heavy atom. The zero-order chi connectivity index (χ0) is 41.4. The number of nitro groups is 1. The summed E-state index contributed by atoms with van der Waals surface area (Å²) in [6, 6.07) is 21.7. The number of benzene rings is 4. The molecule has 0 saturated heterocycles. The summed E-state index contributed by atoms with van der Waals surface area (Å²) in [5.41, 5.74) is 4.51. The molecule has 0 aliphatic rings. The van der Waals surface area contributed by atoms with E-state index in [0.29, 0.717) is 66.7 Å². The van der Waals surface area contributed by atoms with Gasteiger partial charge in [0, 0.05) is 40.1 Å². The third-order valence-electron chi connectivity index (χ3n) is 8.72. The lowest BCUT2D eigenvalue weighted by atomic mass is 10.1. The molecule has 21 heteroatoms. The highest BCUT2D eigenvalue weighted by atomic mass is 35.5. The fourth-order valence-electron chi connectivity index (χ4n) is 5.90. The lowest BCUT2D eigenvalue weighted by Crippen LogP contribution is -2.16. The Kier molecular flexibility index (Phi) is 10.0. The minimum absolute atomic E-state index is 0.0206. The number of alkyl halides is 3. The number of anilines is 1. The molecule has 0 saturated carbocycles. The van der Waals surface area contributed by atoms with Crippen LogP contribution in [0.1, 0.15) is 21.7 Å². The molecule has 0 atom stereocenters. The molecule has 9 rings (SSSR count). The van der Waals surface area contributed by atoms with Crippen LogP contribution in [0.15, 0.2) is 107 Å². The van der Waals surface area contributed by atoms with Crippen molar-refractivity contribution >= 4 is 62.6 Å². The molecule has 0 aliphatic carbocycles. The SMILES string of the molecule is Cc1nc(C(F)(F)F)ccc1C(=O)Nc1ccc(Cl)c(-c2nc3ccc(-c4ncon4)cc3[nH]2)c1.O=[N+]([O-])c1ccc(Cl)c(-c2nc3ccc(-c4ncon4)cc3[nH]2)c1. The number of hydrogen-bond acceptors (Lipinski definition) is 12. The van der Waals surface area contributed by atoms with Crippen molar-refractivity contribution in [2.45, 2.75) is 13.1 Å². The van der Waals surface area contributed by atoms with E-state index in [1.54, 1.807) is 36.4 Å². The van der Waals surface area contributed by atoms with Crippen molar-refractivity contribution < 1.29 is 31.9 Å². The number of aromatic amines is 2. The van der Waals surface area contributed by atoms with Gasteiger partial charge in [-0.05, 0) is 79.7 Å². The maximum absolute atomic E-state index is 12.9. The van der Waals surface area contributed by atoms with Crippen LogP contribution in [-0.4, -0.2) is 56.0 Å². The largest absolute Gasteiger partial charge is 0.433 e. The minimum atomic E-state index is -4.59. The number of nitrogens with zero attached hydrogens (tertiary/aromatic N) is 8. The normalized spacial score (nSPS) is 11.4. The molecular formula is C38H22Cl2F3N11O5. The molecule has 16 nitrogen and oxygen atoms in total. The average Bonchev–Trinajstić information content (AvgIpc) is 4.05. The molecule has 5 aromatic heterocycles. The maximum atomic E-state index is 12.9.